The number of aryl methyl sites for hydroxylation is 2. The molecule has 4 rings (SSSR count). The predicted octanol–water partition coefficient (Wildman–Crippen LogP) is 2.84. The Balaban J connectivity index is 1.77. The number of hydrogen-bond donors (Lipinski definition) is 3. The van der Waals surface area contributed by atoms with Gasteiger partial charge in [-0.15, -0.1) is 0 Å². The fourth-order valence-corrected chi connectivity index (χ4v) is 4.40. The summed E-state index contributed by atoms with van der Waals surface area (Å²) in [6.07, 6.45) is 0.242. The fraction of sp³-hybridized carbons (Fsp3) is 0.130. The van der Waals surface area contributed by atoms with Crippen molar-refractivity contribution >= 4 is 39.3 Å². The van der Waals surface area contributed by atoms with E-state index < -0.39 is 22.2 Å². The van der Waals surface area contributed by atoms with E-state index >= 15 is 0 Å². The van der Waals surface area contributed by atoms with E-state index in [1.165, 1.54) is 17.3 Å². The molecular formula is C23H24N6O3S. The molecule has 0 saturated carbocycles. The first-order chi connectivity index (χ1) is 15.7. The number of sulfonamides is 1. The molecular weight excluding hydrogens is 440 g/mol. The van der Waals surface area contributed by atoms with Crippen molar-refractivity contribution in [2.24, 2.45) is 16.0 Å². The number of primary sulfonamides is 1. The van der Waals surface area contributed by atoms with Crippen LogP contribution in [0.25, 0.3) is 0 Å². The van der Waals surface area contributed by atoms with Crippen molar-refractivity contribution < 1.29 is 13.2 Å². The van der Waals surface area contributed by atoms with Gasteiger partial charge in [0.25, 0.3) is 5.91 Å². The maximum atomic E-state index is 13.1. The number of hydrazone groups is 1. The highest BCUT2D eigenvalue weighted by Gasteiger charge is 2.35. The molecule has 5 N–H and O–H groups in total. The van der Waals surface area contributed by atoms with Crippen molar-refractivity contribution in [3.05, 3.63) is 83.4 Å². The van der Waals surface area contributed by atoms with E-state index in [1.54, 1.807) is 24.3 Å². The van der Waals surface area contributed by atoms with Crippen molar-refractivity contribution in [1.82, 2.24) is 5.01 Å². The second kappa shape index (κ2) is 8.66. The number of rotatable bonds is 5. The van der Waals surface area contributed by atoms with Crippen LogP contribution in [0, 0.1) is 13.8 Å². The summed E-state index contributed by atoms with van der Waals surface area (Å²) in [4.78, 5) is 14.4. The zero-order valence-electron chi connectivity index (χ0n) is 18.1. The molecule has 0 fully saturated rings. The molecule has 1 atom stereocenters. The third-order valence-corrected chi connectivity index (χ3v) is 6.34. The van der Waals surface area contributed by atoms with Gasteiger partial charge < -0.3 is 5.32 Å². The normalized spacial score (nSPS) is 15.7. The third-order valence-electron chi connectivity index (χ3n) is 5.40. The van der Waals surface area contributed by atoms with Crippen LogP contribution in [0.2, 0.25) is 0 Å². The molecule has 1 aliphatic heterocycles. The Morgan fingerprint density at radius 3 is 2.24 bits per heavy atom. The Morgan fingerprint density at radius 1 is 0.939 bits per heavy atom. The summed E-state index contributed by atoms with van der Waals surface area (Å²) in [6, 6.07) is 19.3. The minimum atomic E-state index is -4.12. The largest absolute Gasteiger partial charge is 0.354 e. The van der Waals surface area contributed by atoms with Crippen molar-refractivity contribution in [3.63, 3.8) is 0 Å². The standard InChI is InChI=1S/C23H24N6O3S/c1-15-8-3-5-10-17(15)22(30)29-23(24)28(14-26-29)21-19(12-7-13-20(21)33(25,31)32)27-18-11-6-4-9-16(18)2/h3-14,23,27H,24H2,1-2H3,(H2,25,31,32). The molecule has 0 saturated heterocycles. The lowest BCUT2D eigenvalue weighted by molar-refractivity contribution is 0.0717. The molecule has 3 aromatic carbocycles. The molecule has 0 aliphatic carbocycles. The highest BCUT2D eigenvalue weighted by molar-refractivity contribution is 7.89. The minimum Gasteiger partial charge on any atom is -0.354 e. The van der Waals surface area contributed by atoms with Crippen molar-refractivity contribution in [2.75, 3.05) is 10.2 Å². The summed E-state index contributed by atoms with van der Waals surface area (Å²) in [7, 11) is -4.12. The van der Waals surface area contributed by atoms with Crippen LogP contribution >= 0.6 is 0 Å². The van der Waals surface area contributed by atoms with Crippen LogP contribution in [0.3, 0.4) is 0 Å². The van der Waals surface area contributed by atoms with E-state index in [9.17, 15) is 13.2 Å². The zero-order chi connectivity index (χ0) is 23.8. The van der Waals surface area contributed by atoms with Gasteiger partial charge in [-0.25, -0.2) is 13.6 Å². The Bertz CT molecular complexity index is 1360. The molecule has 1 aliphatic rings. The molecule has 33 heavy (non-hydrogen) atoms. The van der Waals surface area contributed by atoms with Gasteiger partial charge in [0.15, 0.2) is 6.29 Å². The molecule has 0 spiro atoms. The van der Waals surface area contributed by atoms with E-state index in [0.29, 0.717) is 11.3 Å². The van der Waals surface area contributed by atoms with Gasteiger partial charge in [-0.3, -0.25) is 15.4 Å². The summed E-state index contributed by atoms with van der Waals surface area (Å²) >= 11 is 0. The van der Waals surface area contributed by atoms with Gasteiger partial charge in [0, 0.05) is 11.3 Å². The summed E-state index contributed by atoms with van der Waals surface area (Å²) < 4.78 is 24.9. The second-order valence-corrected chi connectivity index (χ2v) is 9.18. The summed E-state index contributed by atoms with van der Waals surface area (Å²) in [5, 5.41) is 14.1. The van der Waals surface area contributed by atoms with Crippen LogP contribution < -0.4 is 21.1 Å². The first-order valence-corrected chi connectivity index (χ1v) is 11.7. The Labute approximate surface area is 192 Å². The van der Waals surface area contributed by atoms with E-state index in [-0.39, 0.29) is 10.6 Å². The lowest BCUT2D eigenvalue weighted by atomic mass is 10.1. The number of amides is 1. The average molecular weight is 465 g/mol. The molecule has 3 aromatic rings. The van der Waals surface area contributed by atoms with Crippen LogP contribution in [0.5, 0.6) is 0 Å². The number of para-hydroxylation sites is 2. The average Bonchev–Trinajstić information content (AvgIpc) is 3.15. The topological polar surface area (TPSA) is 134 Å². The van der Waals surface area contributed by atoms with E-state index in [4.69, 9.17) is 10.9 Å². The van der Waals surface area contributed by atoms with Gasteiger partial charge >= 0.3 is 0 Å². The molecule has 10 heteroatoms. The second-order valence-electron chi connectivity index (χ2n) is 7.65. The number of nitrogens with two attached hydrogens (primary N) is 2. The minimum absolute atomic E-state index is 0.145. The van der Waals surface area contributed by atoms with Crippen molar-refractivity contribution in [2.45, 2.75) is 25.0 Å². The first kappa shape index (κ1) is 22.5. The Kier molecular flexibility index (Phi) is 5.90. The van der Waals surface area contributed by atoms with Crippen LogP contribution in [-0.4, -0.2) is 32.0 Å². The molecule has 1 amide bonds. The van der Waals surface area contributed by atoms with Gasteiger partial charge in [0.2, 0.25) is 10.0 Å². The third kappa shape index (κ3) is 4.31. The summed E-state index contributed by atoms with van der Waals surface area (Å²) in [5.41, 5.74) is 9.99. The first-order valence-electron chi connectivity index (χ1n) is 10.1. The number of hydrogen-bond acceptors (Lipinski definition) is 7. The summed E-state index contributed by atoms with van der Waals surface area (Å²) in [6.45, 7) is 3.74. The van der Waals surface area contributed by atoms with E-state index in [2.05, 4.69) is 10.4 Å². The molecule has 0 bridgehead atoms. The van der Waals surface area contributed by atoms with Gasteiger partial charge in [-0.1, -0.05) is 42.5 Å². The maximum Gasteiger partial charge on any atom is 0.277 e. The highest BCUT2D eigenvalue weighted by atomic mass is 32.2. The quantitative estimate of drug-likeness (QED) is 0.532. The molecule has 0 aromatic heterocycles. The van der Waals surface area contributed by atoms with Gasteiger partial charge in [-0.2, -0.15) is 10.1 Å². The van der Waals surface area contributed by atoms with Crippen LogP contribution in [0.15, 0.2) is 76.7 Å². The lowest BCUT2D eigenvalue weighted by Gasteiger charge is -2.29. The van der Waals surface area contributed by atoms with Gasteiger partial charge in [0.05, 0.1) is 11.4 Å². The predicted molar refractivity (Wildman–Crippen MR) is 129 cm³/mol. The number of benzene rings is 3. The summed E-state index contributed by atoms with van der Waals surface area (Å²) in [5.74, 6) is -0.402. The Hall–Kier alpha value is -3.73. The lowest BCUT2D eigenvalue weighted by Crippen LogP contribution is -2.49. The van der Waals surface area contributed by atoms with Crippen molar-refractivity contribution in [3.8, 4) is 0 Å². The SMILES string of the molecule is Cc1ccccc1Nc1cccc(S(N)(=O)=O)c1N1C=NN(C(=O)c2ccccc2C)C1N. The number of nitrogens with zero attached hydrogens (tertiary/aromatic N) is 3. The number of nitrogens with one attached hydrogen (secondary N) is 1. The monoisotopic (exact) mass is 464 g/mol. The Morgan fingerprint density at radius 2 is 1.58 bits per heavy atom. The highest BCUT2D eigenvalue weighted by Crippen LogP contribution is 2.37. The van der Waals surface area contributed by atoms with E-state index in [0.717, 1.165) is 21.8 Å². The van der Waals surface area contributed by atoms with Gasteiger partial charge in [0.1, 0.15) is 11.2 Å². The number of carbonyl (C=O) groups is 1. The fourth-order valence-electron chi connectivity index (χ4n) is 3.64. The molecule has 0 radical (unpaired) electrons. The molecule has 170 valence electrons. The molecule has 1 unspecified atom stereocenters. The van der Waals surface area contributed by atoms with Crippen LogP contribution in [0.1, 0.15) is 21.5 Å². The smallest absolute Gasteiger partial charge is 0.277 e. The maximum absolute atomic E-state index is 13.1. The number of carbonyl (C=O) groups excluding carboxylic acids is 1. The van der Waals surface area contributed by atoms with Crippen LogP contribution in [-0.2, 0) is 10.0 Å². The number of anilines is 3. The van der Waals surface area contributed by atoms with Crippen molar-refractivity contribution in [1.29, 1.82) is 0 Å². The molecule has 9 nitrogen and oxygen atoms in total. The van der Waals surface area contributed by atoms with Gasteiger partial charge in [-0.05, 0) is 49.2 Å². The zero-order valence-corrected chi connectivity index (χ0v) is 19.0. The van der Waals surface area contributed by atoms with E-state index in [1.807, 2.05) is 50.2 Å². The molecule has 1 heterocycles. The van der Waals surface area contributed by atoms with Crippen LogP contribution in [0.4, 0.5) is 17.1 Å².